The maximum absolute atomic E-state index is 8.78. The second-order valence-electron chi connectivity index (χ2n) is 2.13. The van der Waals surface area contributed by atoms with Crippen LogP contribution in [0.4, 0.5) is 0 Å². The van der Waals surface area contributed by atoms with Gasteiger partial charge in [-0.2, -0.15) is 0 Å². The third kappa shape index (κ3) is 7.91. The molecule has 0 aromatic heterocycles. The highest BCUT2D eigenvalue weighted by Crippen LogP contribution is 2.08. The van der Waals surface area contributed by atoms with Crippen LogP contribution in [0.3, 0.4) is 0 Å². The van der Waals surface area contributed by atoms with Crippen molar-refractivity contribution in [3.63, 3.8) is 0 Å². The zero-order chi connectivity index (χ0) is 10.1. The highest BCUT2D eigenvalue weighted by molar-refractivity contribution is 6.40. The van der Waals surface area contributed by atoms with Crippen molar-refractivity contribution in [1.29, 1.82) is 0 Å². The number of hydrogen-bond acceptors (Lipinski definition) is 2. The number of aliphatic hydroxyl groups excluding tert-OH is 1. The molecule has 4 heteroatoms. The average Bonchev–Trinajstić information content (AvgIpc) is 2.06. The van der Waals surface area contributed by atoms with Gasteiger partial charge in [-0.15, -0.1) is 23.2 Å². The van der Waals surface area contributed by atoms with Crippen LogP contribution in [0.15, 0.2) is 30.3 Å². The van der Waals surface area contributed by atoms with Crippen LogP contribution in [0.25, 0.3) is 0 Å². The zero-order valence-corrected chi connectivity index (χ0v) is 8.79. The van der Waals surface area contributed by atoms with Gasteiger partial charge in [0.15, 0.2) is 6.29 Å². The lowest BCUT2D eigenvalue weighted by molar-refractivity contribution is -0.000286. The van der Waals surface area contributed by atoms with Gasteiger partial charge < -0.3 is 9.84 Å². The van der Waals surface area contributed by atoms with Gasteiger partial charge in [0.1, 0.15) is 5.75 Å². The molecule has 1 atom stereocenters. The molecule has 0 saturated heterocycles. The normalized spacial score (nSPS) is 11.1. The quantitative estimate of drug-likeness (QED) is 0.617. The van der Waals surface area contributed by atoms with E-state index < -0.39 is 6.29 Å². The van der Waals surface area contributed by atoms with E-state index >= 15 is 0 Å². The Morgan fingerprint density at radius 3 is 2.15 bits per heavy atom. The monoisotopic (exact) mass is 222 g/mol. The number of ether oxygens (including phenoxy) is 1. The van der Waals surface area contributed by atoms with Crippen molar-refractivity contribution in [2.24, 2.45) is 0 Å². The first-order chi connectivity index (χ1) is 6.20. The number of alkyl halides is 2. The Hall–Kier alpha value is -0.440. The molecular weight excluding hydrogens is 211 g/mol. The first kappa shape index (κ1) is 12.6. The number of halogens is 2. The fourth-order valence-electron chi connectivity index (χ4n) is 0.696. The summed E-state index contributed by atoms with van der Waals surface area (Å²) in [5.41, 5.74) is 0. The van der Waals surface area contributed by atoms with Crippen LogP contribution in [0.5, 0.6) is 5.75 Å². The molecule has 0 bridgehead atoms. The standard InChI is InChI=1S/C8H10O2.CH2Cl2/c1-7(9)10-8-5-3-2-4-6-8;2-1-3/h2-7,9H,1H3;1H2. The minimum Gasteiger partial charge on any atom is -0.465 e. The van der Waals surface area contributed by atoms with Gasteiger partial charge in [0.2, 0.25) is 0 Å². The molecule has 0 saturated carbocycles. The van der Waals surface area contributed by atoms with Gasteiger partial charge in [-0.3, -0.25) is 0 Å². The number of hydrogen-bond donors (Lipinski definition) is 1. The van der Waals surface area contributed by atoms with Gasteiger partial charge >= 0.3 is 0 Å². The minimum absolute atomic E-state index is 0.194. The fraction of sp³-hybridized carbons (Fsp3) is 0.333. The summed E-state index contributed by atoms with van der Waals surface area (Å²) in [5.74, 6) is 0.692. The molecule has 0 aliphatic carbocycles. The van der Waals surface area contributed by atoms with E-state index in [4.69, 9.17) is 33.0 Å². The lowest BCUT2D eigenvalue weighted by atomic mass is 10.3. The molecule has 1 aromatic carbocycles. The van der Waals surface area contributed by atoms with Gasteiger partial charge in [0.25, 0.3) is 0 Å². The zero-order valence-electron chi connectivity index (χ0n) is 7.28. The van der Waals surface area contributed by atoms with E-state index in [-0.39, 0.29) is 5.34 Å². The van der Waals surface area contributed by atoms with Crippen molar-refractivity contribution < 1.29 is 9.84 Å². The molecule has 1 unspecified atom stereocenters. The predicted molar refractivity (Wildman–Crippen MR) is 55.3 cm³/mol. The van der Waals surface area contributed by atoms with Gasteiger partial charge in [0.05, 0.1) is 5.34 Å². The van der Waals surface area contributed by atoms with Crippen LogP contribution >= 0.6 is 23.2 Å². The predicted octanol–water partition coefficient (Wildman–Crippen LogP) is 2.83. The summed E-state index contributed by atoms with van der Waals surface area (Å²) in [7, 11) is 0. The molecule has 13 heavy (non-hydrogen) atoms. The van der Waals surface area contributed by atoms with Crippen LogP contribution in [-0.2, 0) is 0 Å². The molecule has 74 valence electrons. The SMILES string of the molecule is CC(O)Oc1ccccc1.ClCCl. The minimum atomic E-state index is -0.734. The van der Waals surface area contributed by atoms with Crippen molar-refractivity contribution in [2.75, 3.05) is 5.34 Å². The highest BCUT2D eigenvalue weighted by atomic mass is 35.5. The van der Waals surface area contributed by atoms with Gasteiger partial charge in [0, 0.05) is 0 Å². The molecule has 0 heterocycles. The summed E-state index contributed by atoms with van der Waals surface area (Å²) >= 11 is 9.53. The third-order valence-corrected chi connectivity index (χ3v) is 1.05. The Bertz CT molecular complexity index is 202. The van der Waals surface area contributed by atoms with E-state index in [0.29, 0.717) is 5.75 Å². The van der Waals surface area contributed by atoms with E-state index in [1.165, 1.54) is 0 Å². The van der Waals surface area contributed by atoms with Crippen molar-refractivity contribution in [3.8, 4) is 5.75 Å². The largest absolute Gasteiger partial charge is 0.465 e. The van der Waals surface area contributed by atoms with Gasteiger partial charge in [-0.1, -0.05) is 18.2 Å². The first-order valence-electron chi connectivity index (χ1n) is 3.72. The van der Waals surface area contributed by atoms with E-state index in [1.54, 1.807) is 19.1 Å². The second kappa shape index (κ2) is 8.17. The van der Waals surface area contributed by atoms with Gasteiger partial charge in [-0.25, -0.2) is 0 Å². The molecule has 0 aliphatic heterocycles. The number of aliphatic hydroxyl groups is 1. The van der Waals surface area contributed by atoms with Gasteiger partial charge in [-0.05, 0) is 19.1 Å². The summed E-state index contributed by atoms with van der Waals surface area (Å²) in [6, 6.07) is 9.21. The van der Waals surface area contributed by atoms with Crippen LogP contribution < -0.4 is 4.74 Å². The number of benzene rings is 1. The molecule has 0 spiro atoms. The van der Waals surface area contributed by atoms with E-state index in [0.717, 1.165) is 0 Å². The maximum atomic E-state index is 8.78. The van der Waals surface area contributed by atoms with E-state index in [2.05, 4.69) is 0 Å². The van der Waals surface area contributed by atoms with Crippen LogP contribution in [0.1, 0.15) is 6.92 Å². The molecule has 0 aliphatic rings. The molecule has 1 rings (SSSR count). The summed E-state index contributed by atoms with van der Waals surface area (Å²) in [5, 5.41) is 8.98. The smallest absolute Gasteiger partial charge is 0.194 e. The first-order valence-corrected chi connectivity index (χ1v) is 4.79. The molecule has 1 aromatic rings. The van der Waals surface area contributed by atoms with Crippen LogP contribution in [0.2, 0.25) is 0 Å². The van der Waals surface area contributed by atoms with E-state index in [9.17, 15) is 0 Å². The van der Waals surface area contributed by atoms with Crippen molar-refractivity contribution >= 4 is 23.2 Å². The summed E-state index contributed by atoms with van der Waals surface area (Å²) in [6.45, 7) is 1.58. The lowest BCUT2D eigenvalue weighted by Gasteiger charge is -2.06. The van der Waals surface area contributed by atoms with Crippen LogP contribution in [-0.4, -0.2) is 16.7 Å². The Kier molecular flexibility index (Phi) is 7.90. The maximum Gasteiger partial charge on any atom is 0.194 e. The average molecular weight is 223 g/mol. The Morgan fingerprint density at radius 1 is 1.31 bits per heavy atom. The molecule has 0 fully saturated rings. The Labute approximate surface area is 88.0 Å². The molecule has 0 radical (unpaired) electrons. The molecule has 2 nitrogen and oxygen atoms in total. The second-order valence-corrected chi connectivity index (χ2v) is 2.94. The molecule has 1 N–H and O–H groups in total. The fourth-order valence-corrected chi connectivity index (χ4v) is 0.696. The Morgan fingerprint density at radius 2 is 1.77 bits per heavy atom. The highest BCUT2D eigenvalue weighted by Gasteiger charge is 1.94. The summed E-state index contributed by atoms with van der Waals surface area (Å²) in [4.78, 5) is 0. The summed E-state index contributed by atoms with van der Waals surface area (Å²) in [6.07, 6.45) is -0.734. The Balaban J connectivity index is 0.000000424. The van der Waals surface area contributed by atoms with E-state index in [1.807, 2.05) is 18.2 Å². The molecule has 0 amide bonds. The number of rotatable bonds is 2. The number of para-hydroxylation sites is 1. The molecular formula is C9H12Cl2O2. The summed E-state index contributed by atoms with van der Waals surface area (Å²) < 4.78 is 4.97. The topological polar surface area (TPSA) is 29.5 Å². The third-order valence-electron chi connectivity index (χ3n) is 1.05. The van der Waals surface area contributed by atoms with Crippen molar-refractivity contribution in [1.82, 2.24) is 0 Å². The van der Waals surface area contributed by atoms with Crippen LogP contribution in [0, 0.1) is 0 Å². The lowest BCUT2D eigenvalue weighted by Crippen LogP contribution is -2.08. The van der Waals surface area contributed by atoms with Crippen molar-refractivity contribution in [3.05, 3.63) is 30.3 Å². The van der Waals surface area contributed by atoms with Crippen molar-refractivity contribution in [2.45, 2.75) is 13.2 Å².